The van der Waals surface area contributed by atoms with Gasteiger partial charge in [-0.3, -0.25) is 4.99 Å². The summed E-state index contributed by atoms with van der Waals surface area (Å²) in [6.45, 7) is 2.19. The molecule has 0 aliphatic heterocycles. The highest BCUT2D eigenvalue weighted by atomic mass is 35.5. The molecule has 0 aliphatic rings. The van der Waals surface area contributed by atoms with Crippen molar-refractivity contribution in [2.24, 2.45) is 4.99 Å². The molecule has 0 unspecified atom stereocenters. The summed E-state index contributed by atoms with van der Waals surface area (Å²) >= 11 is 5.97. The van der Waals surface area contributed by atoms with Gasteiger partial charge in [-0.15, -0.1) is 0 Å². The molecule has 1 rings (SSSR count). The third-order valence-electron chi connectivity index (χ3n) is 2.74. The molecule has 0 amide bonds. The van der Waals surface area contributed by atoms with Crippen molar-refractivity contribution in [1.29, 1.82) is 0 Å². The average Bonchev–Trinajstić information content (AvgIpc) is 2.43. The SMILES string of the molecule is CN=C(NCCCOC)NCCc1ccc(F)cc1Cl. The Balaban J connectivity index is 2.31. The van der Waals surface area contributed by atoms with Gasteiger partial charge in [0.05, 0.1) is 0 Å². The van der Waals surface area contributed by atoms with Crippen molar-refractivity contribution >= 4 is 17.6 Å². The minimum absolute atomic E-state index is 0.317. The second-order valence-electron chi connectivity index (χ2n) is 4.26. The van der Waals surface area contributed by atoms with Crippen LogP contribution in [0.3, 0.4) is 0 Å². The normalized spacial score (nSPS) is 11.5. The van der Waals surface area contributed by atoms with E-state index >= 15 is 0 Å². The van der Waals surface area contributed by atoms with E-state index in [4.69, 9.17) is 16.3 Å². The highest BCUT2D eigenvalue weighted by molar-refractivity contribution is 6.31. The smallest absolute Gasteiger partial charge is 0.190 e. The molecule has 0 saturated carbocycles. The lowest BCUT2D eigenvalue weighted by Crippen LogP contribution is -2.39. The van der Waals surface area contributed by atoms with Gasteiger partial charge in [-0.1, -0.05) is 17.7 Å². The first kappa shape index (κ1) is 16.7. The van der Waals surface area contributed by atoms with Gasteiger partial charge in [-0.2, -0.15) is 0 Å². The standard InChI is InChI=1S/C14H21ClFN3O/c1-17-14(18-7-3-9-20-2)19-8-6-11-4-5-12(16)10-13(11)15/h4-5,10H,3,6-9H2,1-2H3,(H2,17,18,19). The highest BCUT2D eigenvalue weighted by Gasteiger charge is 2.02. The molecule has 1 aromatic carbocycles. The van der Waals surface area contributed by atoms with Gasteiger partial charge in [-0.05, 0) is 30.5 Å². The van der Waals surface area contributed by atoms with E-state index < -0.39 is 0 Å². The fourth-order valence-corrected chi connectivity index (χ4v) is 1.95. The summed E-state index contributed by atoms with van der Waals surface area (Å²) < 4.78 is 17.9. The van der Waals surface area contributed by atoms with Crippen LogP contribution in [-0.2, 0) is 11.2 Å². The number of rotatable bonds is 7. The molecular weight excluding hydrogens is 281 g/mol. The van der Waals surface area contributed by atoms with Gasteiger partial charge in [0.1, 0.15) is 5.82 Å². The van der Waals surface area contributed by atoms with Crippen molar-refractivity contribution in [3.8, 4) is 0 Å². The lowest BCUT2D eigenvalue weighted by Gasteiger charge is -2.12. The Morgan fingerprint density at radius 1 is 1.35 bits per heavy atom. The number of hydrogen-bond donors (Lipinski definition) is 2. The molecule has 112 valence electrons. The van der Waals surface area contributed by atoms with E-state index in [9.17, 15) is 4.39 Å². The molecule has 0 heterocycles. The molecule has 0 aromatic heterocycles. The minimum Gasteiger partial charge on any atom is -0.385 e. The minimum atomic E-state index is -0.317. The van der Waals surface area contributed by atoms with Crippen molar-refractivity contribution in [3.05, 3.63) is 34.6 Å². The monoisotopic (exact) mass is 301 g/mol. The molecule has 0 saturated heterocycles. The topological polar surface area (TPSA) is 45.7 Å². The highest BCUT2D eigenvalue weighted by Crippen LogP contribution is 2.17. The van der Waals surface area contributed by atoms with Crippen LogP contribution in [0.4, 0.5) is 4.39 Å². The molecule has 6 heteroatoms. The first-order chi connectivity index (χ1) is 9.67. The van der Waals surface area contributed by atoms with E-state index in [0.29, 0.717) is 18.0 Å². The van der Waals surface area contributed by atoms with Crippen molar-refractivity contribution in [1.82, 2.24) is 10.6 Å². The Bertz CT molecular complexity index is 440. The van der Waals surface area contributed by atoms with Crippen LogP contribution in [0.15, 0.2) is 23.2 Å². The summed E-state index contributed by atoms with van der Waals surface area (Å²) in [7, 11) is 3.40. The largest absolute Gasteiger partial charge is 0.385 e. The van der Waals surface area contributed by atoms with Gasteiger partial charge in [0.15, 0.2) is 5.96 Å². The number of nitrogens with zero attached hydrogens (tertiary/aromatic N) is 1. The van der Waals surface area contributed by atoms with Crippen LogP contribution in [0.5, 0.6) is 0 Å². The lowest BCUT2D eigenvalue weighted by molar-refractivity contribution is 0.195. The van der Waals surface area contributed by atoms with Crippen LogP contribution >= 0.6 is 11.6 Å². The van der Waals surface area contributed by atoms with Crippen LogP contribution in [-0.4, -0.2) is 39.8 Å². The second kappa shape index (κ2) is 9.55. The Hall–Kier alpha value is -1.33. The number of benzene rings is 1. The second-order valence-corrected chi connectivity index (χ2v) is 4.67. The predicted octanol–water partition coefficient (Wildman–Crippen LogP) is 2.22. The number of methoxy groups -OCH3 is 1. The average molecular weight is 302 g/mol. The lowest BCUT2D eigenvalue weighted by atomic mass is 10.1. The maximum Gasteiger partial charge on any atom is 0.190 e. The first-order valence-corrected chi connectivity index (χ1v) is 6.92. The van der Waals surface area contributed by atoms with Crippen LogP contribution < -0.4 is 10.6 Å². The van der Waals surface area contributed by atoms with Gasteiger partial charge in [0.2, 0.25) is 0 Å². The van der Waals surface area contributed by atoms with Crippen molar-refractivity contribution in [2.75, 3.05) is 33.9 Å². The summed E-state index contributed by atoms with van der Waals surface area (Å²) in [5.41, 5.74) is 0.912. The van der Waals surface area contributed by atoms with Gasteiger partial charge < -0.3 is 15.4 Å². The van der Waals surface area contributed by atoms with E-state index in [1.807, 2.05) is 0 Å². The molecule has 20 heavy (non-hydrogen) atoms. The number of hydrogen-bond acceptors (Lipinski definition) is 2. The van der Waals surface area contributed by atoms with Gasteiger partial charge >= 0.3 is 0 Å². The predicted molar refractivity (Wildman–Crippen MR) is 81.0 cm³/mol. The summed E-state index contributed by atoms with van der Waals surface area (Å²) in [6.07, 6.45) is 1.62. The van der Waals surface area contributed by atoms with Crippen LogP contribution in [0.25, 0.3) is 0 Å². The van der Waals surface area contributed by atoms with Gasteiger partial charge in [0, 0.05) is 38.9 Å². The zero-order valence-electron chi connectivity index (χ0n) is 11.9. The summed E-state index contributed by atoms with van der Waals surface area (Å²) in [5.74, 6) is 0.418. The van der Waals surface area contributed by atoms with Crippen LogP contribution in [0.2, 0.25) is 5.02 Å². The Morgan fingerprint density at radius 2 is 2.10 bits per heavy atom. The Morgan fingerprint density at radius 3 is 2.75 bits per heavy atom. The van der Waals surface area contributed by atoms with Crippen LogP contribution in [0.1, 0.15) is 12.0 Å². The van der Waals surface area contributed by atoms with E-state index in [2.05, 4.69) is 15.6 Å². The zero-order chi connectivity index (χ0) is 14.8. The van der Waals surface area contributed by atoms with Gasteiger partial charge in [-0.25, -0.2) is 4.39 Å². The molecule has 0 radical (unpaired) electrons. The molecule has 1 aromatic rings. The first-order valence-electron chi connectivity index (χ1n) is 6.54. The number of halogens is 2. The molecule has 4 nitrogen and oxygen atoms in total. The van der Waals surface area contributed by atoms with Crippen LogP contribution in [0, 0.1) is 5.82 Å². The summed E-state index contributed by atoms with van der Waals surface area (Å²) in [6, 6.07) is 4.45. The van der Waals surface area contributed by atoms with Crippen molar-refractivity contribution in [3.63, 3.8) is 0 Å². The molecular formula is C14H21ClFN3O. The fourth-order valence-electron chi connectivity index (χ4n) is 1.68. The maximum absolute atomic E-state index is 12.9. The number of guanidine groups is 1. The zero-order valence-corrected chi connectivity index (χ0v) is 12.6. The molecule has 0 bridgehead atoms. The van der Waals surface area contributed by atoms with E-state index in [0.717, 1.165) is 31.1 Å². The fraction of sp³-hybridized carbons (Fsp3) is 0.500. The number of ether oxygens (including phenoxy) is 1. The number of aliphatic imine (C=N–C) groups is 1. The van der Waals surface area contributed by atoms with Gasteiger partial charge in [0.25, 0.3) is 0 Å². The summed E-state index contributed by atoms with van der Waals surface area (Å²) in [4.78, 5) is 4.11. The van der Waals surface area contributed by atoms with E-state index in [1.165, 1.54) is 12.1 Å². The molecule has 0 spiro atoms. The maximum atomic E-state index is 12.9. The third-order valence-corrected chi connectivity index (χ3v) is 3.10. The van der Waals surface area contributed by atoms with E-state index in [-0.39, 0.29) is 5.82 Å². The van der Waals surface area contributed by atoms with Crippen molar-refractivity contribution in [2.45, 2.75) is 12.8 Å². The molecule has 0 fully saturated rings. The molecule has 2 N–H and O–H groups in total. The number of nitrogens with one attached hydrogen (secondary N) is 2. The molecule has 0 atom stereocenters. The van der Waals surface area contributed by atoms with Crippen molar-refractivity contribution < 1.29 is 9.13 Å². The van der Waals surface area contributed by atoms with E-state index in [1.54, 1.807) is 20.2 Å². The summed E-state index contributed by atoms with van der Waals surface area (Å²) in [5, 5.41) is 6.82. The quantitative estimate of drug-likeness (QED) is 0.461. The molecule has 0 aliphatic carbocycles. The Labute approximate surface area is 124 Å². The Kier molecular flexibility index (Phi) is 7.99. The third kappa shape index (κ3) is 6.21.